The summed E-state index contributed by atoms with van der Waals surface area (Å²) >= 11 is 0. The molecule has 4 nitrogen and oxygen atoms in total. The van der Waals surface area contributed by atoms with Crippen molar-refractivity contribution in [3.8, 4) is 0 Å². The van der Waals surface area contributed by atoms with Gasteiger partial charge in [0, 0.05) is 25.7 Å². The van der Waals surface area contributed by atoms with Crippen LogP contribution in [0.3, 0.4) is 0 Å². The summed E-state index contributed by atoms with van der Waals surface area (Å²) in [6, 6.07) is 0.591. The van der Waals surface area contributed by atoms with Crippen molar-refractivity contribution >= 4 is 0 Å². The lowest BCUT2D eigenvalue weighted by atomic mass is 10.3. The highest BCUT2D eigenvalue weighted by atomic mass is 16.5. The summed E-state index contributed by atoms with van der Waals surface area (Å²) in [6.45, 7) is 6.25. The molecule has 2 atom stereocenters. The van der Waals surface area contributed by atoms with E-state index in [4.69, 9.17) is 4.74 Å². The van der Waals surface area contributed by atoms with Gasteiger partial charge >= 0.3 is 0 Å². The zero-order chi connectivity index (χ0) is 11.8. The Morgan fingerprint density at radius 3 is 3.00 bits per heavy atom. The smallest absolute Gasteiger partial charge is 0.0900 e. The third-order valence-corrected chi connectivity index (χ3v) is 3.10. The molecular weight excluding hydrogens is 204 g/mol. The Bertz CT molecular complexity index is 178. The van der Waals surface area contributed by atoms with Gasteiger partial charge in [-0.3, -0.25) is 4.90 Å². The highest BCUT2D eigenvalue weighted by molar-refractivity contribution is 4.80. The minimum atomic E-state index is -0.340. The van der Waals surface area contributed by atoms with Crippen LogP contribution in [0.25, 0.3) is 0 Å². The maximum absolute atomic E-state index is 9.78. The van der Waals surface area contributed by atoms with Gasteiger partial charge in [0.2, 0.25) is 0 Å². The van der Waals surface area contributed by atoms with E-state index in [0.717, 1.165) is 39.1 Å². The molecule has 1 heterocycles. The second kappa shape index (κ2) is 8.01. The predicted molar refractivity (Wildman–Crippen MR) is 65.6 cm³/mol. The fraction of sp³-hybridized carbons (Fsp3) is 1.00. The summed E-state index contributed by atoms with van der Waals surface area (Å²) in [5, 5.41) is 13.1. The van der Waals surface area contributed by atoms with Crippen LogP contribution in [-0.4, -0.2) is 62.0 Å². The van der Waals surface area contributed by atoms with Gasteiger partial charge < -0.3 is 15.2 Å². The fourth-order valence-electron chi connectivity index (χ4n) is 2.05. The van der Waals surface area contributed by atoms with Crippen molar-refractivity contribution in [1.29, 1.82) is 0 Å². The molecule has 16 heavy (non-hydrogen) atoms. The number of unbranched alkanes of at least 4 members (excludes halogenated alkanes) is 1. The zero-order valence-electron chi connectivity index (χ0n) is 10.6. The monoisotopic (exact) mass is 230 g/mol. The van der Waals surface area contributed by atoms with Crippen LogP contribution in [0.2, 0.25) is 0 Å². The Labute approximate surface area is 99.0 Å². The highest BCUT2D eigenvalue weighted by Gasteiger charge is 2.22. The maximum Gasteiger partial charge on any atom is 0.0900 e. The molecule has 1 aliphatic heterocycles. The maximum atomic E-state index is 9.78. The third kappa shape index (κ3) is 5.25. The second-order valence-electron chi connectivity index (χ2n) is 4.62. The lowest BCUT2D eigenvalue weighted by Crippen LogP contribution is -2.36. The molecule has 0 radical (unpaired) electrons. The molecule has 1 fully saturated rings. The number of β-amino-alcohol motifs (C(OH)–C–C–N with tert-alkyl or cyclic N) is 1. The average molecular weight is 230 g/mol. The van der Waals surface area contributed by atoms with E-state index in [1.165, 1.54) is 6.42 Å². The van der Waals surface area contributed by atoms with Gasteiger partial charge in [0.15, 0.2) is 0 Å². The number of rotatable bonds is 8. The van der Waals surface area contributed by atoms with E-state index >= 15 is 0 Å². The molecule has 0 saturated carbocycles. The molecule has 96 valence electrons. The van der Waals surface area contributed by atoms with E-state index in [2.05, 4.69) is 17.1 Å². The molecule has 0 aromatic carbocycles. The minimum absolute atomic E-state index is 0.340. The van der Waals surface area contributed by atoms with Crippen molar-refractivity contribution in [3.05, 3.63) is 0 Å². The SMILES string of the molecule is CCCCOCC(O)CN1CCC(NC)C1. The topological polar surface area (TPSA) is 44.7 Å². The van der Waals surface area contributed by atoms with Gasteiger partial charge in [0.1, 0.15) is 0 Å². The molecule has 0 bridgehead atoms. The first kappa shape index (κ1) is 13.9. The molecular formula is C12H26N2O2. The van der Waals surface area contributed by atoms with Crippen molar-refractivity contribution in [2.24, 2.45) is 0 Å². The standard InChI is InChI=1S/C12H26N2O2/c1-3-4-7-16-10-12(15)9-14-6-5-11(8-14)13-2/h11-13,15H,3-10H2,1-2H3. The summed E-state index contributed by atoms with van der Waals surface area (Å²) in [6.07, 6.45) is 3.07. The number of likely N-dealkylation sites (tertiary alicyclic amines) is 1. The van der Waals surface area contributed by atoms with Crippen molar-refractivity contribution in [2.45, 2.75) is 38.3 Å². The molecule has 2 N–H and O–H groups in total. The van der Waals surface area contributed by atoms with Crippen LogP contribution in [0.1, 0.15) is 26.2 Å². The van der Waals surface area contributed by atoms with E-state index in [9.17, 15) is 5.11 Å². The number of nitrogens with one attached hydrogen (secondary N) is 1. The summed E-state index contributed by atoms with van der Waals surface area (Å²) in [7, 11) is 2.00. The van der Waals surface area contributed by atoms with E-state index in [-0.39, 0.29) is 6.10 Å². The number of aliphatic hydroxyl groups is 1. The quantitative estimate of drug-likeness (QED) is 0.595. The number of hydrogen-bond acceptors (Lipinski definition) is 4. The van der Waals surface area contributed by atoms with Gasteiger partial charge in [0.25, 0.3) is 0 Å². The molecule has 2 unspecified atom stereocenters. The largest absolute Gasteiger partial charge is 0.389 e. The van der Waals surface area contributed by atoms with Crippen LogP contribution >= 0.6 is 0 Å². The minimum Gasteiger partial charge on any atom is -0.389 e. The molecule has 4 heteroatoms. The van der Waals surface area contributed by atoms with Crippen LogP contribution in [0.4, 0.5) is 0 Å². The Kier molecular flexibility index (Phi) is 6.96. The lowest BCUT2D eigenvalue weighted by molar-refractivity contribution is 0.0193. The van der Waals surface area contributed by atoms with Crippen molar-refractivity contribution < 1.29 is 9.84 Å². The second-order valence-corrected chi connectivity index (χ2v) is 4.62. The highest BCUT2D eigenvalue weighted by Crippen LogP contribution is 2.09. The van der Waals surface area contributed by atoms with Crippen molar-refractivity contribution in [1.82, 2.24) is 10.2 Å². The first-order valence-electron chi connectivity index (χ1n) is 6.41. The van der Waals surface area contributed by atoms with Crippen molar-refractivity contribution in [2.75, 3.05) is 39.9 Å². The molecule has 0 aliphatic carbocycles. The van der Waals surface area contributed by atoms with E-state index in [1.807, 2.05) is 7.05 Å². The van der Waals surface area contributed by atoms with Crippen molar-refractivity contribution in [3.63, 3.8) is 0 Å². The summed E-state index contributed by atoms with van der Waals surface area (Å²) in [5.74, 6) is 0. The molecule has 0 aromatic rings. The number of nitrogens with zero attached hydrogens (tertiary/aromatic N) is 1. The van der Waals surface area contributed by atoms with Gasteiger partial charge in [-0.1, -0.05) is 13.3 Å². The van der Waals surface area contributed by atoms with E-state index in [1.54, 1.807) is 0 Å². The van der Waals surface area contributed by atoms with Crippen LogP contribution in [-0.2, 0) is 4.74 Å². The van der Waals surface area contributed by atoms with Gasteiger partial charge in [-0.05, 0) is 26.4 Å². The molecule has 0 aromatic heterocycles. The predicted octanol–water partition coefficient (Wildman–Crippen LogP) is 0.458. The normalized spacial score (nSPS) is 23.8. The van der Waals surface area contributed by atoms with Gasteiger partial charge in [-0.2, -0.15) is 0 Å². The first-order chi connectivity index (χ1) is 7.76. The van der Waals surface area contributed by atoms with Gasteiger partial charge in [-0.25, -0.2) is 0 Å². The van der Waals surface area contributed by atoms with Gasteiger partial charge in [-0.15, -0.1) is 0 Å². The number of aliphatic hydroxyl groups excluding tert-OH is 1. The third-order valence-electron chi connectivity index (χ3n) is 3.10. The Hall–Kier alpha value is -0.160. The van der Waals surface area contributed by atoms with Crippen LogP contribution in [0, 0.1) is 0 Å². The Morgan fingerprint density at radius 1 is 1.56 bits per heavy atom. The number of ether oxygens (including phenoxy) is 1. The molecule has 1 aliphatic rings. The number of hydrogen-bond donors (Lipinski definition) is 2. The first-order valence-corrected chi connectivity index (χ1v) is 6.41. The summed E-state index contributed by atoms with van der Waals surface area (Å²) < 4.78 is 5.41. The Morgan fingerprint density at radius 2 is 2.38 bits per heavy atom. The fourth-order valence-corrected chi connectivity index (χ4v) is 2.05. The van der Waals surface area contributed by atoms with Crippen LogP contribution in [0.5, 0.6) is 0 Å². The van der Waals surface area contributed by atoms with Crippen LogP contribution in [0.15, 0.2) is 0 Å². The zero-order valence-corrected chi connectivity index (χ0v) is 10.6. The summed E-state index contributed by atoms with van der Waals surface area (Å²) in [4.78, 5) is 2.30. The lowest BCUT2D eigenvalue weighted by Gasteiger charge is -2.20. The number of likely N-dealkylation sites (N-methyl/N-ethyl adjacent to an activating group) is 1. The molecule has 0 amide bonds. The molecule has 1 saturated heterocycles. The Balaban J connectivity index is 2.03. The van der Waals surface area contributed by atoms with E-state index in [0.29, 0.717) is 12.6 Å². The molecule has 0 spiro atoms. The van der Waals surface area contributed by atoms with E-state index < -0.39 is 0 Å². The summed E-state index contributed by atoms with van der Waals surface area (Å²) in [5.41, 5.74) is 0. The van der Waals surface area contributed by atoms with Crippen LogP contribution < -0.4 is 5.32 Å². The van der Waals surface area contributed by atoms with Gasteiger partial charge in [0.05, 0.1) is 12.7 Å². The molecule has 1 rings (SSSR count). The average Bonchev–Trinajstić information content (AvgIpc) is 2.72.